The molecule has 12 heteroatoms. The fraction of sp³-hybridized carbons (Fsp3) is 0.333. The van der Waals surface area contributed by atoms with Crippen LogP contribution in [0.3, 0.4) is 0 Å². The molecule has 1 saturated heterocycles. The Morgan fingerprint density at radius 2 is 1.82 bits per heavy atom. The number of ether oxygens (including phenoxy) is 1. The molecule has 0 atom stereocenters. The highest BCUT2D eigenvalue weighted by Gasteiger charge is 2.31. The Morgan fingerprint density at radius 3 is 2.53 bits per heavy atom. The van der Waals surface area contributed by atoms with Crippen LogP contribution in [0.4, 0.5) is 23.7 Å². The molecular formula is C33H35F3N6O2S. The van der Waals surface area contributed by atoms with E-state index < -0.39 is 6.36 Å². The van der Waals surface area contributed by atoms with Gasteiger partial charge in [0.05, 0.1) is 5.69 Å². The van der Waals surface area contributed by atoms with Gasteiger partial charge in [0, 0.05) is 30.1 Å². The molecule has 1 N–H and O–H groups in total. The number of urea groups is 1. The number of nitrogens with one attached hydrogen (secondary N) is 1. The molecule has 3 aromatic carbocycles. The number of amidine groups is 1. The van der Waals surface area contributed by atoms with Crippen molar-refractivity contribution in [1.82, 2.24) is 20.1 Å². The molecule has 4 aromatic rings. The number of thioether (sulfide) groups is 1. The van der Waals surface area contributed by atoms with Gasteiger partial charge < -0.3 is 15.0 Å². The van der Waals surface area contributed by atoms with Gasteiger partial charge in [-0.25, -0.2) is 14.5 Å². The summed E-state index contributed by atoms with van der Waals surface area (Å²) in [5.74, 6) is 1.47. The molecule has 0 radical (unpaired) electrons. The molecule has 0 saturated carbocycles. The van der Waals surface area contributed by atoms with Gasteiger partial charge >= 0.3 is 12.4 Å². The quantitative estimate of drug-likeness (QED) is 0.178. The first kappa shape index (κ1) is 32.1. The predicted octanol–water partition coefficient (Wildman–Crippen LogP) is 7.91. The lowest BCUT2D eigenvalue weighted by molar-refractivity contribution is -0.274. The molecule has 1 aromatic heterocycles. The summed E-state index contributed by atoms with van der Waals surface area (Å²) in [7, 11) is 0. The number of benzene rings is 3. The van der Waals surface area contributed by atoms with E-state index in [1.54, 1.807) is 11.8 Å². The van der Waals surface area contributed by atoms with Crippen LogP contribution < -0.4 is 15.0 Å². The lowest BCUT2D eigenvalue weighted by atomic mass is 9.99. The Balaban J connectivity index is 1.08. The summed E-state index contributed by atoms with van der Waals surface area (Å²) in [6, 6.07) is 19.5. The Hall–Kier alpha value is -4.32. The van der Waals surface area contributed by atoms with Gasteiger partial charge in [0.1, 0.15) is 12.1 Å². The van der Waals surface area contributed by atoms with Crippen LogP contribution in [0.2, 0.25) is 0 Å². The highest BCUT2D eigenvalue weighted by atomic mass is 32.2. The molecule has 1 aliphatic heterocycles. The van der Waals surface area contributed by atoms with Gasteiger partial charge in [-0.15, -0.1) is 18.3 Å². The summed E-state index contributed by atoms with van der Waals surface area (Å²) >= 11 is 1.61. The van der Waals surface area contributed by atoms with Crippen LogP contribution in [-0.4, -0.2) is 51.2 Å². The maximum Gasteiger partial charge on any atom is 0.573 e. The van der Waals surface area contributed by atoms with Crippen LogP contribution in [0, 0.1) is 6.92 Å². The van der Waals surface area contributed by atoms with Crippen LogP contribution in [0.5, 0.6) is 5.75 Å². The average Bonchev–Trinajstić information content (AvgIpc) is 3.67. The number of unbranched alkanes of at least 4 members (excludes halogenated alkanes) is 1. The van der Waals surface area contributed by atoms with Crippen molar-refractivity contribution in [1.29, 1.82) is 0 Å². The van der Waals surface area contributed by atoms with E-state index >= 15 is 0 Å². The number of rotatable bonds is 10. The van der Waals surface area contributed by atoms with Crippen LogP contribution in [0.25, 0.3) is 17.1 Å². The molecule has 2 heterocycles. The van der Waals surface area contributed by atoms with E-state index in [2.05, 4.69) is 69.0 Å². The van der Waals surface area contributed by atoms with Gasteiger partial charge in [-0.05, 0) is 79.1 Å². The van der Waals surface area contributed by atoms with Crippen molar-refractivity contribution in [2.24, 2.45) is 4.99 Å². The molecule has 0 bridgehead atoms. The first-order valence-corrected chi connectivity index (χ1v) is 15.8. The number of carbonyl (C=O) groups is 1. The van der Waals surface area contributed by atoms with Gasteiger partial charge in [-0.1, -0.05) is 62.0 Å². The van der Waals surface area contributed by atoms with E-state index in [9.17, 15) is 18.0 Å². The third-order valence-corrected chi connectivity index (χ3v) is 8.24. The monoisotopic (exact) mass is 636 g/mol. The van der Waals surface area contributed by atoms with E-state index in [0.717, 1.165) is 53.5 Å². The second kappa shape index (κ2) is 14.2. The highest BCUT2D eigenvalue weighted by Crippen LogP contribution is 2.33. The summed E-state index contributed by atoms with van der Waals surface area (Å²) in [4.78, 5) is 23.5. The maximum absolute atomic E-state index is 12.6. The number of halogens is 3. The van der Waals surface area contributed by atoms with Crippen molar-refractivity contribution in [3.05, 3.63) is 89.7 Å². The summed E-state index contributed by atoms with van der Waals surface area (Å²) in [5.41, 5.74) is 6.10. The van der Waals surface area contributed by atoms with Crippen molar-refractivity contribution < 1.29 is 22.7 Å². The number of aromatic nitrogens is 3. The zero-order valence-electron chi connectivity index (χ0n) is 25.3. The number of amides is 2. The van der Waals surface area contributed by atoms with E-state index in [1.165, 1.54) is 46.4 Å². The minimum absolute atomic E-state index is 0.299. The largest absolute Gasteiger partial charge is 0.573 e. The molecule has 0 unspecified atom stereocenters. The fourth-order valence-electron chi connectivity index (χ4n) is 5.01. The lowest BCUT2D eigenvalue weighted by Crippen LogP contribution is -2.29. The van der Waals surface area contributed by atoms with Gasteiger partial charge in [0.2, 0.25) is 0 Å². The molecule has 5 rings (SSSR count). The van der Waals surface area contributed by atoms with Gasteiger partial charge in [0.25, 0.3) is 0 Å². The smallest absolute Gasteiger partial charge is 0.406 e. The molecule has 1 aliphatic rings. The number of alkyl halides is 3. The normalized spacial score (nSPS) is 14.4. The van der Waals surface area contributed by atoms with Crippen molar-refractivity contribution in [2.45, 2.75) is 52.3 Å². The van der Waals surface area contributed by atoms with E-state index in [4.69, 9.17) is 0 Å². The Kier molecular flexibility index (Phi) is 10.1. The number of anilines is 1. The van der Waals surface area contributed by atoms with Crippen molar-refractivity contribution >= 4 is 28.6 Å². The molecular weight excluding hydrogens is 601 g/mol. The average molecular weight is 637 g/mol. The summed E-state index contributed by atoms with van der Waals surface area (Å²) in [5, 5.41) is 8.13. The third kappa shape index (κ3) is 8.65. The summed E-state index contributed by atoms with van der Waals surface area (Å²) in [6.45, 7) is 7.81. The number of nitrogens with zero attached hydrogens (tertiary/aromatic N) is 5. The third-order valence-electron chi connectivity index (χ3n) is 7.28. The number of aliphatic imine (C=N–C) groups is 1. The second-order valence-corrected chi connectivity index (χ2v) is 12.1. The first-order chi connectivity index (χ1) is 21.6. The summed E-state index contributed by atoms with van der Waals surface area (Å²) in [6.07, 6.45) is -0.649. The molecule has 2 amide bonds. The molecule has 0 aliphatic carbocycles. The first-order valence-electron chi connectivity index (χ1n) is 14.8. The van der Waals surface area contributed by atoms with Gasteiger partial charge in [-0.3, -0.25) is 0 Å². The molecule has 236 valence electrons. The Morgan fingerprint density at radius 1 is 1.07 bits per heavy atom. The Bertz CT molecular complexity index is 1640. The fourth-order valence-corrected chi connectivity index (χ4v) is 5.96. The predicted molar refractivity (Wildman–Crippen MR) is 172 cm³/mol. The number of carbonyl (C=O) groups excluding carboxylic acids is 1. The minimum Gasteiger partial charge on any atom is -0.406 e. The van der Waals surface area contributed by atoms with E-state index in [1.807, 2.05) is 24.3 Å². The topological polar surface area (TPSA) is 84.6 Å². The zero-order valence-corrected chi connectivity index (χ0v) is 26.2. The van der Waals surface area contributed by atoms with Crippen molar-refractivity contribution in [3.63, 3.8) is 0 Å². The van der Waals surface area contributed by atoms with E-state index in [0.29, 0.717) is 24.0 Å². The SMILES string of the molecule is Cc1ccc(C(C)C)c(N2CCS/C2=N\C(=O)NCCCCc2ccc(-c3ncn(-c4ccc(OC(F)(F)F)cc4)n3)cc2)c1. The molecule has 0 spiro atoms. The number of hydrogen-bond acceptors (Lipinski definition) is 5. The lowest BCUT2D eigenvalue weighted by Gasteiger charge is -2.23. The maximum atomic E-state index is 12.6. The van der Waals surface area contributed by atoms with Crippen LogP contribution in [-0.2, 0) is 6.42 Å². The molecule has 45 heavy (non-hydrogen) atoms. The Labute approximate surface area is 264 Å². The summed E-state index contributed by atoms with van der Waals surface area (Å²) < 4.78 is 42.6. The van der Waals surface area contributed by atoms with E-state index in [-0.39, 0.29) is 11.8 Å². The van der Waals surface area contributed by atoms with Gasteiger partial charge in [0.15, 0.2) is 11.0 Å². The highest BCUT2D eigenvalue weighted by molar-refractivity contribution is 8.14. The second-order valence-electron chi connectivity index (χ2n) is 11.1. The van der Waals surface area contributed by atoms with Crippen LogP contribution >= 0.6 is 11.8 Å². The van der Waals surface area contributed by atoms with Crippen molar-refractivity contribution in [2.75, 3.05) is 23.7 Å². The van der Waals surface area contributed by atoms with Crippen LogP contribution in [0.1, 0.15) is 49.3 Å². The number of aryl methyl sites for hydroxylation is 2. The van der Waals surface area contributed by atoms with Crippen LogP contribution in [0.15, 0.2) is 78.0 Å². The van der Waals surface area contributed by atoms with Gasteiger partial charge in [-0.2, -0.15) is 4.99 Å². The minimum atomic E-state index is -4.74. The van der Waals surface area contributed by atoms with Crippen molar-refractivity contribution in [3.8, 4) is 22.8 Å². The number of hydrogen-bond donors (Lipinski definition) is 1. The zero-order chi connectivity index (χ0) is 32.0. The standard InChI is InChI=1S/C33H35F3N6O2S/c1-22(2)28-16-7-23(3)20-29(28)41-18-19-45-32(41)39-31(43)37-17-5-4-6-24-8-10-25(11-9-24)30-38-21-42(40-30)26-12-14-27(15-13-26)44-33(34,35)36/h7-16,20-22H,4-6,17-19H2,1-3H3,(H,37,43)/b39-32-. The molecule has 8 nitrogen and oxygen atoms in total. The molecule has 1 fully saturated rings.